The summed E-state index contributed by atoms with van der Waals surface area (Å²) in [4.78, 5) is 0. The molecule has 154 valence electrons. The van der Waals surface area contributed by atoms with Gasteiger partial charge in [-0.1, -0.05) is 103 Å². The van der Waals surface area contributed by atoms with E-state index in [1.54, 1.807) is 0 Å². The van der Waals surface area contributed by atoms with Crippen LogP contribution in [0.25, 0.3) is 5.57 Å². The lowest BCUT2D eigenvalue weighted by Crippen LogP contribution is -2.04. The van der Waals surface area contributed by atoms with Crippen LogP contribution in [-0.4, -0.2) is 0 Å². The first-order valence-electron chi connectivity index (χ1n) is 11.0. The molecule has 4 aromatic carbocycles. The van der Waals surface area contributed by atoms with Gasteiger partial charge in [0.05, 0.1) is 0 Å². The minimum Gasteiger partial charge on any atom is -0.0641 e. The maximum Gasteiger partial charge on any atom is 0.0278 e. The monoisotopic (exact) mass is 402 g/mol. The number of hydrogen-bond donors (Lipinski definition) is 0. The highest BCUT2D eigenvalue weighted by atomic mass is 14.2. The largest absolute Gasteiger partial charge is 0.0641 e. The molecule has 0 radical (unpaired) electrons. The first-order chi connectivity index (χ1) is 15.1. The first kappa shape index (κ1) is 20.9. The third kappa shape index (κ3) is 4.39. The maximum absolute atomic E-state index is 2.47. The van der Waals surface area contributed by atoms with E-state index in [9.17, 15) is 0 Å². The Hall–Kier alpha value is -3.38. The van der Waals surface area contributed by atoms with E-state index in [1.165, 1.54) is 50.1 Å². The van der Waals surface area contributed by atoms with Crippen molar-refractivity contribution in [1.29, 1.82) is 0 Å². The molecule has 0 aromatic heterocycles. The summed E-state index contributed by atoms with van der Waals surface area (Å²) in [7, 11) is 0. The molecule has 0 bridgehead atoms. The van der Waals surface area contributed by atoms with Crippen LogP contribution in [0.5, 0.6) is 0 Å². The molecule has 0 unspecified atom stereocenters. The van der Waals surface area contributed by atoms with Crippen LogP contribution in [0, 0.1) is 27.7 Å². The first-order valence-corrected chi connectivity index (χ1v) is 11.0. The second-order valence-corrected chi connectivity index (χ2v) is 8.38. The standard InChI is InChI=1S/C31H30/c1-22-20-23(2)25(4)31(24(22)3)30(28-18-12-7-13-19-28)21-29(26-14-8-5-9-15-26)27-16-10-6-11-17-27/h5-21,29H,1-4H3/b30-21+. The Morgan fingerprint density at radius 3 is 1.45 bits per heavy atom. The van der Waals surface area contributed by atoms with Crippen molar-refractivity contribution in [1.82, 2.24) is 0 Å². The molecule has 0 heterocycles. The zero-order valence-electron chi connectivity index (χ0n) is 18.9. The van der Waals surface area contributed by atoms with Crippen LogP contribution in [0.15, 0.2) is 103 Å². The van der Waals surface area contributed by atoms with Gasteiger partial charge in [-0.3, -0.25) is 0 Å². The molecule has 0 saturated heterocycles. The molecule has 0 N–H and O–H groups in total. The Morgan fingerprint density at radius 2 is 1.00 bits per heavy atom. The van der Waals surface area contributed by atoms with Gasteiger partial charge >= 0.3 is 0 Å². The molecule has 0 spiro atoms. The fraction of sp³-hybridized carbons (Fsp3) is 0.161. The van der Waals surface area contributed by atoms with Gasteiger partial charge in [0, 0.05) is 5.92 Å². The summed E-state index contributed by atoms with van der Waals surface area (Å²) < 4.78 is 0. The van der Waals surface area contributed by atoms with Crippen LogP contribution < -0.4 is 0 Å². The predicted octanol–water partition coefficient (Wildman–Crippen LogP) is 8.18. The molecule has 0 aliphatic carbocycles. The highest BCUT2D eigenvalue weighted by Crippen LogP contribution is 2.37. The van der Waals surface area contributed by atoms with Crippen molar-refractivity contribution in [3.05, 3.63) is 148 Å². The van der Waals surface area contributed by atoms with Crippen LogP contribution in [0.2, 0.25) is 0 Å². The lowest BCUT2D eigenvalue weighted by molar-refractivity contribution is 1.03. The molecule has 4 rings (SSSR count). The molecule has 0 nitrogen and oxygen atoms in total. The van der Waals surface area contributed by atoms with Gasteiger partial charge in [0.15, 0.2) is 0 Å². The number of rotatable bonds is 5. The average molecular weight is 403 g/mol. The summed E-state index contributed by atoms with van der Waals surface area (Å²) in [6.45, 7) is 8.96. The van der Waals surface area contributed by atoms with E-state index >= 15 is 0 Å². The van der Waals surface area contributed by atoms with E-state index in [0.29, 0.717) is 0 Å². The van der Waals surface area contributed by atoms with Crippen LogP contribution in [0.3, 0.4) is 0 Å². The quantitative estimate of drug-likeness (QED) is 0.316. The Morgan fingerprint density at radius 1 is 0.581 bits per heavy atom. The van der Waals surface area contributed by atoms with Gasteiger partial charge in [-0.2, -0.15) is 0 Å². The Balaban J connectivity index is 2.02. The fourth-order valence-corrected chi connectivity index (χ4v) is 4.43. The topological polar surface area (TPSA) is 0 Å². The summed E-state index contributed by atoms with van der Waals surface area (Å²) >= 11 is 0. The molecule has 0 aliphatic rings. The van der Waals surface area contributed by atoms with Crippen molar-refractivity contribution in [2.45, 2.75) is 33.6 Å². The minimum atomic E-state index is 0.178. The number of aryl methyl sites for hydroxylation is 2. The van der Waals surface area contributed by atoms with Gasteiger partial charge in [0.1, 0.15) is 0 Å². The van der Waals surface area contributed by atoms with Crippen molar-refractivity contribution in [3.63, 3.8) is 0 Å². The van der Waals surface area contributed by atoms with E-state index in [1.807, 2.05) is 0 Å². The van der Waals surface area contributed by atoms with Gasteiger partial charge < -0.3 is 0 Å². The molecule has 0 heteroatoms. The third-order valence-corrected chi connectivity index (χ3v) is 6.37. The summed E-state index contributed by atoms with van der Waals surface area (Å²) in [6.07, 6.45) is 2.47. The number of hydrogen-bond acceptors (Lipinski definition) is 0. The second-order valence-electron chi connectivity index (χ2n) is 8.38. The SMILES string of the molecule is Cc1cc(C)c(C)c(/C(=C/C(c2ccccc2)c2ccccc2)c2ccccc2)c1C. The third-order valence-electron chi connectivity index (χ3n) is 6.37. The molecule has 0 saturated carbocycles. The van der Waals surface area contributed by atoms with E-state index in [2.05, 4.69) is 131 Å². The van der Waals surface area contributed by atoms with Crippen molar-refractivity contribution in [3.8, 4) is 0 Å². The molecule has 0 atom stereocenters. The van der Waals surface area contributed by atoms with Crippen molar-refractivity contribution < 1.29 is 0 Å². The summed E-state index contributed by atoms with van der Waals surface area (Å²) in [5, 5.41) is 0. The highest BCUT2D eigenvalue weighted by Gasteiger charge is 2.18. The lowest BCUT2D eigenvalue weighted by Gasteiger charge is -2.22. The zero-order valence-corrected chi connectivity index (χ0v) is 18.9. The lowest BCUT2D eigenvalue weighted by atomic mass is 9.82. The van der Waals surface area contributed by atoms with E-state index in [4.69, 9.17) is 0 Å². The van der Waals surface area contributed by atoms with Crippen LogP contribution in [0.4, 0.5) is 0 Å². The van der Waals surface area contributed by atoms with Crippen molar-refractivity contribution in [2.75, 3.05) is 0 Å². The number of benzene rings is 4. The Labute approximate surface area is 186 Å². The van der Waals surface area contributed by atoms with Crippen LogP contribution in [0.1, 0.15) is 50.4 Å². The van der Waals surface area contributed by atoms with Crippen LogP contribution >= 0.6 is 0 Å². The Bertz CT molecular complexity index is 1120. The number of allylic oxidation sites excluding steroid dienone is 1. The summed E-state index contributed by atoms with van der Waals surface area (Å²) in [6, 6.07) is 34.8. The average Bonchev–Trinajstić information content (AvgIpc) is 2.81. The molecule has 31 heavy (non-hydrogen) atoms. The maximum atomic E-state index is 2.47. The van der Waals surface area contributed by atoms with Gasteiger partial charge in [-0.25, -0.2) is 0 Å². The van der Waals surface area contributed by atoms with E-state index in [-0.39, 0.29) is 5.92 Å². The minimum absolute atomic E-state index is 0.178. The van der Waals surface area contributed by atoms with Gasteiger partial charge in [0.25, 0.3) is 0 Å². The summed E-state index contributed by atoms with van der Waals surface area (Å²) in [5.74, 6) is 0.178. The molecule has 0 fully saturated rings. The Kier molecular flexibility index (Phi) is 6.18. The second kappa shape index (κ2) is 9.18. The van der Waals surface area contributed by atoms with E-state index < -0.39 is 0 Å². The normalized spacial score (nSPS) is 11.7. The van der Waals surface area contributed by atoms with Crippen LogP contribution in [-0.2, 0) is 0 Å². The molecular weight excluding hydrogens is 372 g/mol. The molecular formula is C31H30. The van der Waals surface area contributed by atoms with Crippen molar-refractivity contribution in [2.24, 2.45) is 0 Å². The van der Waals surface area contributed by atoms with Gasteiger partial charge in [-0.05, 0) is 77.8 Å². The van der Waals surface area contributed by atoms with E-state index in [0.717, 1.165) is 0 Å². The predicted molar refractivity (Wildman–Crippen MR) is 134 cm³/mol. The van der Waals surface area contributed by atoms with Gasteiger partial charge in [0.2, 0.25) is 0 Å². The van der Waals surface area contributed by atoms with Gasteiger partial charge in [-0.15, -0.1) is 0 Å². The smallest absolute Gasteiger partial charge is 0.0278 e. The molecule has 0 amide bonds. The molecule has 0 aliphatic heterocycles. The highest BCUT2D eigenvalue weighted by molar-refractivity contribution is 5.85. The zero-order chi connectivity index (χ0) is 21.8. The molecule has 4 aromatic rings. The van der Waals surface area contributed by atoms with Crippen molar-refractivity contribution >= 4 is 5.57 Å². The fourth-order valence-electron chi connectivity index (χ4n) is 4.43. The summed E-state index contributed by atoms with van der Waals surface area (Å²) in [5.41, 5.74) is 11.9.